The van der Waals surface area contributed by atoms with Crippen LogP contribution in [-0.2, 0) is 6.54 Å². The van der Waals surface area contributed by atoms with Crippen molar-refractivity contribution in [1.29, 1.82) is 5.26 Å². The number of ketones is 1. The molecule has 4 rings (SSSR count). The van der Waals surface area contributed by atoms with E-state index in [4.69, 9.17) is 5.73 Å². The summed E-state index contributed by atoms with van der Waals surface area (Å²) in [6.45, 7) is 2.35. The number of hydrogen-bond acceptors (Lipinski definition) is 7. The Kier molecular flexibility index (Phi) is 7.07. The number of nitrogens with two attached hydrogens (primary N) is 1. The van der Waals surface area contributed by atoms with Gasteiger partial charge < -0.3 is 11.1 Å². The number of carbonyl (C=O) groups is 1. The van der Waals surface area contributed by atoms with Crippen molar-refractivity contribution in [1.82, 2.24) is 15.0 Å². The van der Waals surface area contributed by atoms with Crippen molar-refractivity contribution in [2.45, 2.75) is 25.8 Å². The van der Waals surface area contributed by atoms with Gasteiger partial charge in [-0.05, 0) is 40.8 Å². The van der Waals surface area contributed by atoms with Gasteiger partial charge in [-0.15, -0.1) is 0 Å². The van der Waals surface area contributed by atoms with Crippen molar-refractivity contribution in [2.75, 3.05) is 11.1 Å². The minimum atomic E-state index is -0.320. The Morgan fingerprint density at radius 1 is 1.03 bits per heavy atom. The third-order valence-corrected chi connectivity index (χ3v) is 5.67. The fourth-order valence-electron chi connectivity index (χ4n) is 3.66. The van der Waals surface area contributed by atoms with Gasteiger partial charge in [-0.25, -0.2) is 19.3 Å². The highest BCUT2D eigenvalue weighted by atomic mass is 19.1. The Labute approximate surface area is 202 Å². The molecular formula is C27H23FN6O. The summed E-state index contributed by atoms with van der Waals surface area (Å²) in [5.41, 5.74) is 9.87. The third kappa shape index (κ3) is 5.84. The smallest absolute Gasteiger partial charge is 0.219 e. The van der Waals surface area contributed by atoms with Crippen LogP contribution >= 0.6 is 0 Å². The molecule has 0 saturated carbocycles. The van der Waals surface area contributed by atoms with Crippen LogP contribution in [0.5, 0.6) is 0 Å². The predicted molar refractivity (Wildman–Crippen MR) is 132 cm³/mol. The summed E-state index contributed by atoms with van der Waals surface area (Å²) in [5.74, 6) is 0.0527. The Balaban J connectivity index is 1.48. The second-order valence-electron chi connectivity index (χ2n) is 8.19. The second kappa shape index (κ2) is 10.5. The number of halogens is 1. The predicted octanol–water partition coefficient (Wildman–Crippen LogP) is 5.12. The molecule has 0 fully saturated rings. The summed E-state index contributed by atoms with van der Waals surface area (Å²) in [4.78, 5) is 25.5. The number of benzene rings is 2. The van der Waals surface area contributed by atoms with Gasteiger partial charge in [0.15, 0.2) is 5.78 Å². The third-order valence-electron chi connectivity index (χ3n) is 5.67. The molecule has 1 atom stereocenters. The highest BCUT2D eigenvalue weighted by molar-refractivity contribution is 6.01. The number of nitrogens with zero attached hydrogens (tertiary/aromatic N) is 4. The molecule has 0 spiro atoms. The lowest BCUT2D eigenvalue weighted by molar-refractivity contribution is 0.0976. The lowest BCUT2D eigenvalue weighted by Gasteiger charge is -2.14. The molecule has 7 nitrogen and oxygen atoms in total. The fraction of sp³-hybridized carbons (Fsp3) is 0.148. The van der Waals surface area contributed by atoms with Gasteiger partial charge in [-0.3, -0.25) is 4.79 Å². The van der Waals surface area contributed by atoms with Gasteiger partial charge in [-0.1, -0.05) is 43.3 Å². The highest BCUT2D eigenvalue weighted by Crippen LogP contribution is 2.25. The van der Waals surface area contributed by atoms with Crippen molar-refractivity contribution in [3.63, 3.8) is 0 Å². The second-order valence-corrected chi connectivity index (χ2v) is 8.19. The van der Waals surface area contributed by atoms with Gasteiger partial charge in [0, 0.05) is 37.1 Å². The van der Waals surface area contributed by atoms with Crippen LogP contribution in [0.25, 0.3) is 11.1 Å². The first-order valence-corrected chi connectivity index (χ1v) is 11.0. The summed E-state index contributed by atoms with van der Waals surface area (Å²) in [6, 6.07) is 17.5. The van der Waals surface area contributed by atoms with E-state index in [9.17, 15) is 14.4 Å². The summed E-state index contributed by atoms with van der Waals surface area (Å²) in [6.07, 6.45) is 4.98. The molecule has 2 aromatic heterocycles. The van der Waals surface area contributed by atoms with Gasteiger partial charge in [0.25, 0.3) is 0 Å². The maximum absolute atomic E-state index is 13.2. The lowest BCUT2D eigenvalue weighted by atomic mass is 9.93. The van der Waals surface area contributed by atoms with E-state index in [1.807, 2.05) is 37.3 Å². The molecule has 174 valence electrons. The number of hydrogen-bond donors (Lipinski definition) is 2. The molecule has 8 heteroatoms. The van der Waals surface area contributed by atoms with Crippen LogP contribution in [0.2, 0.25) is 0 Å². The maximum atomic E-state index is 13.2. The van der Waals surface area contributed by atoms with Crippen molar-refractivity contribution in [3.8, 4) is 17.2 Å². The average molecular weight is 467 g/mol. The molecule has 0 saturated heterocycles. The number of anilines is 2. The number of rotatable bonds is 8. The molecule has 0 unspecified atom stereocenters. The minimum absolute atomic E-state index is 0.119. The van der Waals surface area contributed by atoms with E-state index in [0.717, 1.165) is 22.3 Å². The monoisotopic (exact) mass is 466 g/mol. The number of aromatic nitrogens is 3. The number of nitrogens with one attached hydrogen (secondary N) is 1. The first kappa shape index (κ1) is 23.5. The van der Waals surface area contributed by atoms with Crippen LogP contribution in [0.15, 0.2) is 73.2 Å². The normalized spacial score (nSPS) is 11.5. The molecule has 0 radical (unpaired) electrons. The molecule has 0 aliphatic carbocycles. The summed E-state index contributed by atoms with van der Waals surface area (Å²) in [5, 5.41) is 12.5. The lowest BCUT2D eigenvalue weighted by Crippen LogP contribution is -2.11. The standard InChI is InChI=1S/C27H23FN6O/c1-17(20-6-8-23(28)9-7-20)10-25(35)24-11-19(12-29)14-32-26(24)31-13-18-2-4-21(5-3-18)22-15-33-27(30)34-16-22/h2-9,11,14-17H,10,13H2,1H3,(H,31,32)(H2,30,33,34)/t17-/m1/s1. The fourth-order valence-corrected chi connectivity index (χ4v) is 3.66. The van der Waals surface area contributed by atoms with E-state index >= 15 is 0 Å². The number of nitrogen functional groups attached to an aromatic ring is 1. The zero-order valence-corrected chi connectivity index (χ0v) is 19.1. The summed E-state index contributed by atoms with van der Waals surface area (Å²) in [7, 11) is 0. The maximum Gasteiger partial charge on any atom is 0.219 e. The van der Waals surface area contributed by atoms with Crippen LogP contribution in [0, 0.1) is 17.1 Å². The molecule has 2 aromatic carbocycles. The molecular weight excluding hydrogens is 443 g/mol. The van der Waals surface area contributed by atoms with E-state index in [2.05, 4.69) is 20.3 Å². The molecule has 4 aromatic rings. The first-order valence-electron chi connectivity index (χ1n) is 11.0. The number of nitriles is 1. The van der Waals surface area contributed by atoms with Crippen molar-refractivity contribution >= 4 is 17.5 Å². The molecule has 0 aliphatic rings. The van der Waals surface area contributed by atoms with Gasteiger partial charge in [0.1, 0.15) is 17.7 Å². The quantitative estimate of drug-likeness (QED) is 0.346. The van der Waals surface area contributed by atoms with Crippen molar-refractivity contribution in [3.05, 3.63) is 101 Å². The van der Waals surface area contributed by atoms with E-state index in [-0.39, 0.29) is 29.9 Å². The number of pyridine rings is 1. The zero-order valence-electron chi connectivity index (χ0n) is 19.1. The van der Waals surface area contributed by atoms with Crippen LogP contribution in [0.4, 0.5) is 16.2 Å². The van der Waals surface area contributed by atoms with E-state index < -0.39 is 0 Å². The largest absolute Gasteiger partial charge is 0.368 e. The van der Waals surface area contributed by atoms with Gasteiger partial charge in [0.05, 0.1) is 11.1 Å². The SMILES string of the molecule is C[C@H](CC(=O)c1cc(C#N)cnc1NCc1ccc(-c2cnc(N)nc2)cc1)c1ccc(F)cc1. The molecule has 0 amide bonds. The summed E-state index contributed by atoms with van der Waals surface area (Å²) >= 11 is 0. The molecule has 0 aliphatic heterocycles. The molecule has 2 heterocycles. The number of carbonyl (C=O) groups excluding carboxylic acids is 1. The Hall–Kier alpha value is -4.64. The topological polar surface area (TPSA) is 118 Å². The van der Waals surface area contributed by atoms with Crippen LogP contribution < -0.4 is 11.1 Å². The van der Waals surface area contributed by atoms with Crippen molar-refractivity contribution in [2.24, 2.45) is 0 Å². The van der Waals surface area contributed by atoms with Crippen molar-refractivity contribution < 1.29 is 9.18 Å². The van der Waals surface area contributed by atoms with E-state index in [1.54, 1.807) is 30.6 Å². The van der Waals surface area contributed by atoms with Crippen LogP contribution in [0.1, 0.15) is 46.3 Å². The molecule has 35 heavy (non-hydrogen) atoms. The van der Waals surface area contributed by atoms with E-state index in [0.29, 0.717) is 23.5 Å². The van der Waals surface area contributed by atoms with E-state index in [1.165, 1.54) is 18.3 Å². The molecule has 0 bridgehead atoms. The first-order chi connectivity index (χ1) is 16.9. The highest BCUT2D eigenvalue weighted by Gasteiger charge is 2.18. The Morgan fingerprint density at radius 3 is 2.37 bits per heavy atom. The Bertz CT molecular complexity index is 1360. The van der Waals surface area contributed by atoms with Gasteiger partial charge in [0.2, 0.25) is 5.95 Å². The molecule has 3 N–H and O–H groups in total. The van der Waals surface area contributed by atoms with Crippen LogP contribution in [-0.4, -0.2) is 20.7 Å². The summed E-state index contributed by atoms with van der Waals surface area (Å²) < 4.78 is 13.2. The minimum Gasteiger partial charge on any atom is -0.368 e. The average Bonchev–Trinajstić information content (AvgIpc) is 2.88. The zero-order chi connectivity index (χ0) is 24.8. The number of Topliss-reactive ketones (excluding diaryl/α,β-unsaturated/α-hetero) is 1. The van der Waals surface area contributed by atoms with Gasteiger partial charge in [-0.2, -0.15) is 5.26 Å². The van der Waals surface area contributed by atoms with Gasteiger partial charge >= 0.3 is 0 Å². The van der Waals surface area contributed by atoms with Crippen LogP contribution in [0.3, 0.4) is 0 Å². The Morgan fingerprint density at radius 2 is 1.71 bits per heavy atom.